The molecular weight excluding hydrogens is 425 g/mol. The fraction of sp³-hybridized carbons (Fsp3) is 0.714. The molecule has 32 heavy (non-hydrogen) atoms. The third-order valence-electron chi connectivity index (χ3n) is 6.32. The van der Waals surface area contributed by atoms with E-state index in [1.165, 1.54) is 0 Å². The summed E-state index contributed by atoms with van der Waals surface area (Å²) in [5, 5.41) is 3.57. The highest BCUT2D eigenvalue weighted by Crippen LogP contribution is 2.27. The quantitative estimate of drug-likeness (QED) is 0.691. The number of fused-ring (bicyclic) bond motifs is 1. The zero-order chi connectivity index (χ0) is 22.9. The van der Waals surface area contributed by atoms with Crippen LogP contribution in [0.1, 0.15) is 48.5 Å². The Morgan fingerprint density at radius 2 is 1.94 bits per heavy atom. The van der Waals surface area contributed by atoms with E-state index in [-0.39, 0.29) is 18.1 Å². The molecule has 4 rings (SSSR count). The van der Waals surface area contributed by atoms with Crippen molar-refractivity contribution in [1.29, 1.82) is 0 Å². The van der Waals surface area contributed by atoms with Gasteiger partial charge in [0.2, 0.25) is 5.91 Å². The number of aryl methyl sites for hydroxylation is 2. The van der Waals surface area contributed by atoms with Crippen molar-refractivity contribution in [3.8, 4) is 0 Å². The van der Waals surface area contributed by atoms with Crippen molar-refractivity contribution in [2.24, 2.45) is 0 Å². The molecule has 0 saturated carbocycles. The van der Waals surface area contributed by atoms with Crippen molar-refractivity contribution in [3.63, 3.8) is 0 Å². The number of nitrogens with zero attached hydrogens (tertiary/aromatic N) is 6. The van der Waals surface area contributed by atoms with Gasteiger partial charge in [0.05, 0.1) is 6.10 Å². The molecule has 0 spiro atoms. The minimum Gasteiger partial charge on any atom is -0.377 e. The summed E-state index contributed by atoms with van der Waals surface area (Å²) in [6.07, 6.45) is -0.502. The molecule has 2 saturated heterocycles. The van der Waals surface area contributed by atoms with E-state index in [2.05, 4.69) is 20.0 Å². The molecule has 8 nitrogen and oxygen atoms in total. The normalized spacial score (nSPS) is 20.8. The van der Waals surface area contributed by atoms with Gasteiger partial charge in [-0.15, -0.1) is 5.10 Å². The lowest BCUT2D eigenvalue weighted by Gasteiger charge is -2.24. The Labute approximate surface area is 184 Å². The molecule has 0 N–H and O–H groups in total. The maximum Gasteiger partial charge on any atom is 0.453 e. The van der Waals surface area contributed by atoms with Gasteiger partial charge in [0.1, 0.15) is 0 Å². The van der Waals surface area contributed by atoms with Gasteiger partial charge in [0.25, 0.3) is 11.6 Å². The molecule has 2 aliphatic rings. The summed E-state index contributed by atoms with van der Waals surface area (Å²) in [7, 11) is 0. The number of carbonyl (C=O) groups excluding carboxylic acids is 1. The minimum atomic E-state index is -4.63. The molecule has 1 atom stereocenters. The number of hydrogen-bond acceptors (Lipinski definition) is 6. The average molecular weight is 454 g/mol. The SMILES string of the molecule is Cc1nc2nc(C(F)(F)F)nn2c(C)c1CCC(=O)N1CCCN(CC2CCCO2)CC1. The first-order valence-corrected chi connectivity index (χ1v) is 11.1. The smallest absolute Gasteiger partial charge is 0.377 e. The fourth-order valence-electron chi connectivity index (χ4n) is 4.56. The summed E-state index contributed by atoms with van der Waals surface area (Å²) in [4.78, 5) is 24.8. The van der Waals surface area contributed by atoms with Gasteiger partial charge in [-0.2, -0.15) is 18.2 Å². The predicted octanol–water partition coefficient (Wildman–Crippen LogP) is 2.41. The van der Waals surface area contributed by atoms with Gasteiger partial charge in [-0.05, 0) is 51.6 Å². The summed E-state index contributed by atoms with van der Waals surface area (Å²) in [5.74, 6) is -1.24. The standard InChI is InChI=1S/C21H29F3N6O2/c1-14-17(15(2)30-20(25-14)26-19(27-30)21(22,23)24)6-7-18(31)29-9-4-8-28(10-11-29)13-16-5-3-12-32-16/h16H,3-13H2,1-2H3. The Morgan fingerprint density at radius 3 is 2.66 bits per heavy atom. The van der Waals surface area contributed by atoms with Crippen LogP contribution in [0.15, 0.2) is 0 Å². The van der Waals surface area contributed by atoms with Crippen molar-refractivity contribution in [2.75, 3.05) is 39.3 Å². The van der Waals surface area contributed by atoms with Crippen LogP contribution in [-0.4, -0.2) is 80.7 Å². The molecule has 0 bridgehead atoms. The first kappa shape index (κ1) is 22.9. The minimum absolute atomic E-state index is 0.0532. The molecule has 2 aromatic rings. The number of rotatable bonds is 5. The lowest BCUT2D eigenvalue weighted by molar-refractivity contribution is -0.144. The Kier molecular flexibility index (Phi) is 6.66. The van der Waals surface area contributed by atoms with Crippen LogP contribution in [0.4, 0.5) is 13.2 Å². The Bertz CT molecular complexity index is 971. The van der Waals surface area contributed by atoms with E-state index in [4.69, 9.17) is 4.74 Å². The van der Waals surface area contributed by atoms with Crippen molar-refractivity contribution in [3.05, 3.63) is 22.8 Å². The Morgan fingerprint density at radius 1 is 1.12 bits per heavy atom. The van der Waals surface area contributed by atoms with E-state index in [1.807, 2.05) is 4.90 Å². The number of carbonyl (C=O) groups is 1. The molecule has 176 valence electrons. The highest BCUT2D eigenvalue weighted by molar-refractivity contribution is 5.76. The zero-order valence-electron chi connectivity index (χ0n) is 18.5. The van der Waals surface area contributed by atoms with E-state index in [0.717, 1.165) is 55.6 Å². The maximum absolute atomic E-state index is 13.0. The van der Waals surface area contributed by atoms with Crippen LogP contribution < -0.4 is 0 Å². The van der Waals surface area contributed by atoms with Crippen LogP contribution >= 0.6 is 0 Å². The predicted molar refractivity (Wildman–Crippen MR) is 110 cm³/mol. The fourth-order valence-corrected chi connectivity index (χ4v) is 4.56. The molecule has 2 aliphatic heterocycles. The topological polar surface area (TPSA) is 75.9 Å². The summed E-state index contributed by atoms with van der Waals surface area (Å²) >= 11 is 0. The first-order chi connectivity index (χ1) is 15.2. The van der Waals surface area contributed by atoms with Gasteiger partial charge in [-0.3, -0.25) is 9.69 Å². The zero-order valence-corrected chi connectivity index (χ0v) is 18.5. The number of alkyl halides is 3. The van der Waals surface area contributed by atoms with E-state index in [0.29, 0.717) is 37.0 Å². The Balaban J connectivity index is 1.38. The van der Waals surface area contributed by atoms with E-state index in [9.17, 15) is 18.0 Å². The van der Waals surface area contributed by atoms with Crippen LogP contribution in [0.25, 0.3) is 5.78 Å². The number of aromatic nitrogens is 4. The van der Waals surface area contributed by atoms with Crippen LogP contribution in [0.2, 0.25) is 0 Å². The Hall–Kier alpha value is -2.27. The van der Waals surface area contributed by atoms with Crippen LogP contribution in [0, 0.1) is 13.8 Å². The monoisotopic (exact) mass is 454 g/mol. The summed E-state index contributed by atoms with van der Waals surface area (Å²) in [5.41, 5.74) is 1.84. The van der Waals surface area contributed by atoms with Crippen LogP contribution in [-0.2, 0) is 22.1 Å². The summed E-state index contributed by atoms with van der Waals surface area (Å²) in [6.45, 7) is 8.35. The van der Waals surface area contributed by atoms with Crippen molar-refractivity contribution in [1.82, 2.24) is 29.4 Å². The molecule has 1 unspecified atom stereocenters. The third kappa shape index (κ3) is 5.03. The first-order valence-electron chi connectivity index (χ1n) is 11.1. The molecule has 0 aliphatic carbocycles. The van der Waals surface area contributed by atoms with Gasteiger partial charge in [-0.25, -0.2) is 9.50 Å². The van der Waals surface area contributed by atoms with E-state index >= 15 is 0 Å². The lowest BCUT2D eigenvalue weighted by Crippen LogP contribution is -2.37. The number of ether oxygens (including phenoxy) is 1. The number of halogens is 3. The molecule has 2 aromatic heterocycles. The molecule has 2 fully saturated rings. The molecular formula is C21H29F3N6O2. The van der Waals surface area contributed by atoms with Crippen LogP contribution in [0.3, 0.4) is 0 Å². The maximum atomic E-state index is 13.0. The van der Waals surface area contributed by atoms with Gasteiger partial charge in [0.15, 0.2) is 0 Å². The average Bonchev–Trinajstić information content (AvgIpc) is 3.33. The second-order valence-electron chi connectivity index (χ2n) is 8.58. The van der Waals surface area contributed by atoms with Crippen molar-refractivity contribution < 1.29 is 22.7 Å². The molecule has 11 heteroatoms. The van der Waals surface area contributed by atoms with Crippen molar-refractivity contribution >= 4 is 11.7 Å². The number of amides is 1. The largest absolute Gasteiger partial charge is 0.453 e. The van der Waals surface area contributed by atoms with Crippen molar-refractivity contribution in [2.45, 2.75) is 58.2 Å². The van der Waals surface area contributed by atoms with E-state index in [1.54, 1.807) is 13.8 Å². The molecule has 0 radical (unpaired) electrons. The second kappa shape index (κ2) is 9.30. The second-order valence-corrected chi connectivity index (χ2v) is 8.58. The van der Waals surface area contributed by atoms with Gasteiger partial charge < -0.3 is 9.64 Å². The summed E-state index contributed by atoms with van der Waals surface area (Å²) < 4.78 is 45.7. The third-order valence-corrected chi connectivity index (χ3v) is 6.32. The van der Waals surface area contributed by atoms with Gasteiger partial charge in [0, 0.05) is 50.6 Å². The van der Waals surface area contributed by atoms with E-state index < -0.39 is 12.0 Å². The molecule has 4 heterocycles. The lowest BCUT2D eigenvalue weighted by atomic mass is 10.1. The highest BCUT2D eigenvalue weighted by atomic mass is 19.4. The molecule has 1 amide bonds. The summed E-state index contributed by atoms with van der Waals surface area (Å²) in [6, 6.07) is 0. The molecule has 0 aromatic carbocycles. The van der Waals surface area contributed by atoms with Gasteiger partial charge in [-0.1, -0.05) is 0 Å². The highest BCUT2D eigenvalue weighted by Gasteiger charge is 2.37. The number of hydrogen-bond donors (Lipinski definition) is 0. The van der Waals surface area contributed by atoms with Gasteiger partial charge >= 0.3 is 6.18 Å². The van der Waals surface area contributed by atoms with Crippen LogP contribution in [0.5, 0.6) is 0 Å².